The molecule has 126 valence electrons. The number of hydrogen-bond acceptors (Lipinski definition) is 4. The first-order valence-corrected chi connectivity index (χ1v) is 8.15. The van der Waals surface area contributed by atoms with E-state index >= 15 is 0 Å². The second-order valence-electron chi connectivity index (χ2n) is 6.06. The molecule has 0 unspecified atom stereocenters. The third-order valence-corrected chi connectivity index (χ3v) is 4.36. The van der Waals surface area contributed by atoms with Crippen LogP contribution < -0.4 is 10.1 Å². The van der Waals surface area contributed by atoms with E-state index in [-0.39, 0.29) is 11.8 Å². The van der Waals surface area contributed by atoms with Crippen LogP contribution in [0.1, 0.15) is 29.2 Å². The highest BCUT2D eigenvalue weighted by Gasteiger charge is 2.29. The summed E-state index contributed by atoms with van der Waals surface area (Å²) < 4.78 is 7.55. The molecule has 0 spiro atoms. The van der Waals surface area contributed by atoms with Gasteiger partial charge in [-0.1, -0.05) is 18.2 Å². The minimum absolute atomic E-state index is 0.000840. The molecule has 1 N–H and O–H groups in total. The fourth-order valence-electron chi connectivity index (χ4n) is 3.10. The summed E-state index contributed by atoms with van der Waals surface area (Å²) in [6.45, 7) is 0.410. The van der Waals surface area contributed by atoms with Crippen molar-refractivity contribution in [3.63, 3.8) is 0 Å². The Balaban J connectivity index is 1.58. The molecular formula is C19H18N4O2. The van der Waals surface area contributed by atoms with Gasteiger partial charge in [-0.05, 0) is 29.8 Å². The van der Waals surface area contributed by atoms with Gasteiger partial charge in [-0.25, -0.2) is 0 Å². The molecule has 0 aliphatic carbocycles. The number of pyridine rings is 1. The summed E-state index contributed by atoms with van der Waals surface area (Å²) in [5, 5.41) is 7.16. The van der Waals surface area contributed by atoms with Crippen molar-refractivity contribution < 1.29 is 9.53 Å². The molecule has 0 saturated heterocycles. The Bertz CT molecular complexity index is 905. The maximum atomic E-state index is 12.1. The molecule has 1 atom stereocenters. The average Bonchev–Trinajstić information content (AvgIpc) is 3.01. The van der Waals surface area contributed by atoms with Crippen LogP contribution in [0.2, 0.25) is 0 Å². The smallest absolute Gasteiger partial charge is 0.226 e. The van der Waals surface area contributed by atoms with Crippen LogP contribution in [0.5, 0.6) is 5.75 Å². The lowest BCUT2D eigenvalue weighted by Crippen LogP contribution is -2.24. The van der Waals surface area contributed by atoms with Crippen LogP contribution in [0.3, 0.4) is 0 Å². The minimum atomic E-state index is -0.0177. The molecule has 1 aromatic carbocycles. The Labute approximate surface area is 145 Å². The summed E-state index contributed by atoms with van der Waals surface area (Å²) in [5.74, 6) is 1.51. The number of amides is 1. The third kappa shape index (κ3) is 3.10. The van der Waals surface area contributed by atoms with Gasteiger partial charge in [0.2, 0.25) is 5.91 Å². The maximum absolute atomic E-state index is 12.1. The number of benzene rings is 1. The SMILES string of the molecule is Cn1ncc2c1NC(=O)C[C@H]2c1cccc(OCc2ccccn2)c1. The zero-order valence-corrected chi connectivity index (χ0v) is 13.8. The van der Waals surface area contributed by atoms with Crippen LogP contribution in [0.15, 0.2) is 54.9 Å². The van der Waals surface area contributed by atoms with Crippen LogP contribution in [-0.2, 0) is 18.4 Å². The molecule has 0 radical (unpaired) electrons. The van der Waals surface area contributed by atoms with E-state index in [9.17, 15) is 4.79 Å². The molecule has 25 heavy (non-hydrogen) atoms. The molecule has 0 bridgehead atoms. The summed E-state index contributed by atoms with van der Waals surface area (Å²) in [6, 6.07) is 13.6. The van der Waals surface area contributed by atoms with Gasteiger partial charge in [-0.15, -0.1) is 0 Å². The van der Waals surface area contributed by atoms with Gasteiger partial charge in [-0.2, -0.15) is 5.10 Å². The van der Waals surface area contributed by atoms with Gasteiger partial charge < -0.3 is 10.1 Å². The van der Waals surface area contributed by atoms with Crippen molar-refractivity contribution in [3.8, 4) is 5.75 Å². The van der Waals surface area contributed by atoms with Gasteiger partial charge in [0.05, 0.1) is 11.9 Å². The molecule has 1 amide bonds. The summed E-state index contributed by atoms with van der Waals surface area (Å²) in [5.41, 5.74) is 2.95. The number of nitrogens with zero attached hydrogens (tertiary/aromatic N) is 3. The second kappa shape index (κ2) is 6.39. The van der Waals surface area contributed by atoms with Crippen molar-refractivity contribution >= 4 is 11.7 Å². The number of nitrogens with one attached hydrogen (secondary N) is 1. The van der Waals surface area contributed by atoms with E-state index in [4.69, 9.17) is 4.74 Å². The molecule has 1 aliphatic heterocycles. The van der Waals surface area contributed by atoms with Crippen molar-refractivity contribution in [2.75, 3.05) is 5.32 Å². The maximum Gasteiger partial charge on any atom is 0.226 e. The quantitative estimate of drug-likeness (QED) is 0.796. The summed E-state index contributed by atoms with van der Waals surface area (Å²) >= 11 is 0. The number of anilines is 1. The van der Waals surface area contributed by atoms with Gasteiger partial charge in [0.25, 0.3) is 0 Å². The molecule has 3 aromatic rings. The third-order valence-electron chi connectivity index (χ3n) is 4.36. The number of hydrogen-bond donors (Lipinski definition) is 1. The van der Waals surface area contributed by atoms with Crippen LogP contribution in [-0.4, -0.2) is 20.7 Å². The van der Waals surface area contributed by atoms with Crippen LogP contribution in [0, 0.1) is 0 Å². The molecule has 2 aromatic heterocycles. The number of ether oxygens (including phenoxy) is 1. The zero-order valence-electron chi connectivity index (χ0n) is 13.8. The van der Waals surface area contributed by atoms with Gasteiger partial charge in [0.15, 0.2) is 0 Å². The number of aromatic nitrogens is 3. The van der Waals surface area contributed by atoms with Crippen molar-refractivity contribution in [1.82, 2.24) is 14.8 Å². The molecule has 6 heteroatoms. The van der Waals surface area contributed by atoms with Crippen LogP contribution in [0.25, 0.3) is 0 Å². The number of carbonyl (C=O) groups is 1. The van der Waals surface area contributed by atoms with Gasteiger partial charge >= 0.3 is 0 Å². The highest BCUT2D eigenvalue weighted by atomic mass is 16.5. The standard InChI is InChI=1S/C19H18N4O2/c1-23-19-17(11-21-23)16(10-18(24)22-19)13-5-4-7-15(9-13)25-12-14-6-2-3-8-20-14/h2-9,11,16H,10,12H2,1H3,(H,22,24)/t16-/m0/s1. The van der Waals surface area contributed by atoms with Crippen molar-refractivity contribution in [3.05, 3.63) is 71.7 Å². The molecule has 0 saturated carbocycles. The first-order chi connectivity index (χ1) is 12.2. The summed E-state index contributed by atoms with van der Waals surface area (Å²) in [7, 11) is 1.83. The first kappa shape index (κ1) is 15.4. The predicted molar refractivity (Wildman–Crippen MR) is 93.3 cm³/mol. The van der Waals surface area contributed by atoms with Gasteiger partial charge in [-0.3, -0.25) is 14.5 Å². The fourth-order valence-corrected chi connectivity index (χ4v) is 3.10. The van der Waals surface area contributed by atoms with Crippen molar-refractivity contribution in [1.29, 1.82) is 0 Å². The first-order valence-electron chi connectivity index (χ1n) is 8.15. The monoisotopic (exact) mass is 334 g/mol. The van der Waals surface area contributed by atoms with E-state index in [1.54, 1.807) is 10.9 Å². The number of rotatable bonds is 4. The highest BCUT2D eigenvalue weighted by molar-refractivity contribution is 5.94. The Hall–Kier alpha value is -3.15. The Morgan fingerprint density at radius 3 is 3.04 bits per heavy atom. The topological polar surface area (TPSA) is 69.0 Å². The van der Waals surface area contributed by atoms with E-state index in [1.165, 1.54) is 0 Å². The molecule has 1 aliphatic rings. The lowest BCUT2D eigenvalue weighted by Gasteiger charge is -2.23. The van der Waals surface area contributed by atoms with Crippen LogP contribution >= 0.6 is 0 Å². The Kier molecular flexibility index (Phi) is 3.93. The Morgan fingerprint density at radius 1 is 1.28 bits per heavy atom. The normalized spacial score (nSPS) is 16.2. The molecular weight excluding hydrogens is 316 g/mol. The average molecular weight is 334 g/mol. The van der Waals surface area contributed by atoms with E-state index in [0.29, 0.717) is 13.0 Å². The molecule has 4 rings (SSSR count). The van der Waals surface area contributed by atoms with Gasteiger partial charge in [0.1, 0.15) is 18.2 Å². The molecule has 0 fully saturated rings. The van der Waals surface area contributed by atoms with E-state index < -0.39 is 0 Å². The van der Waals surface area contributed by atoms with E-state index in [2.05, 4.69) is 15.4 Å². The van der Waals surface area contributed by atoms with Gasteiger partial charge in [0, 0.05) is 31.1 Å². The van der Waals surface area contributed by atoms with Crippen LogP contribution in [0.4, 0.5) is 5.82 Å². The largest absolute Gasteiger partial charge is 0.487 e. The number of aryl methyl sites for hydroxylation is 1. The summed E-state index contributed by atoms with van der Waals surface area (Å²) in [4.78, 5) is 16.3. The molecule has 3 heterocycles. The van der Waals surface area contributed by atoms with E-state index in [0.717, 1.165) is 28.4 Å². The van der Waals surface area contributed by atoms with E-state index in [1.807, 2.05) is 55.7 Å². The number of fused-ring (bicyclic) bond motifs is 1. The minimum Gasteiger partial charge on any atom is -0.487 e. The summed E-state index contributed by atoms with van der Waals surface area (Å²) in [6.07, 6.45) is 3.98. The number of carbonyl (C=O) groups excluding carboxylic acids is 1. The lowest BCUT2D eigenvalue weighted by atomic mass is 9.87. The zero-order chi connectivity index (χ0) is 17.2. The fraction of sp³-hybridized carbons (Fsp3) is 0.211. The molecule has 6 nitrogen and oxygen atoms in total. The lowest BCUT2D eigenvalue weighted by molar-refractivity contribution is -0.116. The second-order valence-corrected chi connectivity index (χ2v) is 6.06. The Morgan fingerprint density at radius 2 is 2.20 bits per heavy atom. The van der Waals surface area contributed by atoms with Crippen molar-refractivity contribution in [2.24, 2.45) is 7.05 Å². The predicted octanol–water partition coefficient (Wildman–Crippen LogP) is 2.87. The highest BCUT2D eigenvalue weighted by Crippen LogP contribution is 2.37. The van der Waals surface area contributed by atoms with Crippen molar-refractivity contribution in [2.45, 2.75) is 18.9 Å².